The fourth-order valence-electron chi connectivity index (χ4n) is 2.21. The van der Waals surface area contributed by atoms with Crippen LogP contribution in [0.3, 0.4) is 0 Å². The molecule has 0 aliphatic heterocycles. The van der Waals surface area contributed by atoms with Crippen molar-refractivity contribution in [3.05, 3.63) is 53.7 Å². The van der Waals surface area contributed by atoms with E-state index < -0.39 is 0 Å². The Morgan fingerprint density at radius 2 is 2.00 bits per heavy atom. The molecule has 0 aliphatic carbocycles. The summed E-state index contributed by atoms with van der Waals surface area (Å²) in [6, 6.07) is 10.9. The first kappa shape index (κ1) is 18.0. The van der Waals surface area contributed by atoms with Gasteiger partial charge in [0, 0.05) is 18.3 Å². The lowest BCUT2D eigenvalue weighted by atomic mass is 10.0. The second-order valence-electron chi connectivity index (χ2n) is 6.37. The van der Waals surface area contributed by atoms with Crippen molar-refractivity contribution in [3.63, 3.8) is 0 Å². The molecule has 0 bridgehead atoms. The van der Waals surface area contributed by atoms with Gasteiger partial charge in [0.25, 0.3) is 0 Å². The molecule has 4 heteroatoms. The first-order valence-corrected chi connectivity index (χ1v) is 8.51. The number of rotatable bonds is 8. The third-order valence-corrected chi connectivity index (χ3v) is 3.74. The van der Waals surface area contributed by atoms with Gasteiger partial charge in [-0.05, 0) is 43.5 Å². The van der Waals surface area contributed by atoms with Crippen LogP contribution in [-0.2, 0) is 0 Å². The zero-order chi connectivity index (χ0) is 17.5. The molecule has 0 amide bonds. The highest BCUT2D eigenvalue weighted by Crippen LogP contribution is 2.21. The summed E-state index contributed by atoms with van der Waals surface area (Å²) in [7, 11) is 0. The molecule has 24 heavy (non-hydrogen) atoms. The number of carbonyl (C=O) groups excluding carboxylic acids is 1. The molecule has 0 aliphatic rings. The Morgan fingerprint density at radius 3 is 2.71 bits per heavy atom. The molecule has 1 N–H and O–H groups in total. The van der Waals surface area contributed by atoms with Crippen LogP contribution in [0.15, 0.2) is 42.6 Å². The molecule has 1 aromatic carbocycles. The highest BCUT2D eigenvalue weighted by Gasteiger charge is 2.15. The Labute approximate surface area is 144 Å². The maximum atomic E-state index is 12.9. The van der Waals surface area contributed by atoms with Crippen molar-refractivity contribution < 1.29 is 9.53 Å². The van der Waals surface area contributed by atoms with E-state index in [2.05, 4.69) is 31.1 Å². The molecule has 4 nitrogen and oxygen atoms in total. The van der Waals surface area contributed by atoms with E-state index in [1.807, 2.05) is 25.1 Å². The molecule has 0 saturated heterocycles. The number of nitrogens with zero attached hydrogens (tertiary/aromatic N) is 1. The average molecular weight is 326 g/mol. The first-order valence-electron chi connectivity index (χ1n) is 8.51. The number of carbonyl (C=O) groups is 1. The monoisotopic (exact) mass is 326 g/mol. The minimum Gasteiger partial charge on any atom is -0.491 e. The van der Waals surface area contributed by atoms with Crippen LogP contribution in [0.2, 0.25) is 0 Å². The minimum atomic E-state index is -0.0519. The van der Waals surface area contributed by atoms with Crippen molar-refractivity contribution >= 4 is 11.6 Å². The first-order chi connectivity index (χ1) is 11.5. The molecule has 0 fully saturated rings. The second-order valence-corrected chi connectivity index (χ2v) is 6.37. The van der Waals surface area contributed by atoms with Crippen LogP contribution >= 0.6 is 0 Å². The molecule has 0 radical (unpaired) electrons. The number of hydrogen-bond donors (Lipinski definition) is 1. The lowest BCUT2D eigenvalue weighted by Crippen LogP contribution is -2.14. The van der Waals surface area contributed by atoms with E-state index in [0.717, 1.165) is 18.7 Å². The average Bonchev–Trinajstić information content (AvgIpc) is 2.59. The number of anilines is 1. The summed E-state index contributed by atoms with van der Waals surface area (Å²) < 4.78 is 5.82. The van der Waals surface area contributed by atoms with Crippen molar-refractivity contribution in [1.82, 2.24) is 4.98 Å². The molecular formula is C20H26N2O2. The van der Waals surface area contributed by atoms with Gasteiger partial charge in [0.1, 0.15) is 11.6 Å². The maximum Gasteiger partial charge on any atom is 0.196 e. The molecule has 1 atom stereocenters. The van der Waals surface area contributed by atoms with Gasteiger partial charge in [0.05, 0.1) is 11.7 Å². The number of hydrogen-bond acceptors (Lipinski definition) is 4. The van der Waals surface area contributed by atoms with E-state index >= 15 is 0 Å². The lowest BCUT2D eigenvalue weighted by Gasteiger charge is -2.14. The Balaban J connectivity index is 2.24. The topological polar surface area (TPSA) is 51.2 Å². The molecular weight excluding hydrogens is 300 g/mol. The van der Waals surface area contributed by atoms with Gasteiger partial charge in [-0.15, -0.1) is 0 Å². The smallest absolute Gasteiger partial charge is 0.196 e. The summed E-state index contributed by atoms with van der Waals surface area (Å²) in [5.74, 6) is 1.77. The van der Waals surface area contributed by atoms with Crippen molar-refractivity contribution in [2.24, 2.45) is 5.92 Å². The number of nitrogens with one attached hydrogen (secondary N) is 1. The molecule has 2 rings (SSSR count). The molecule has 0 spiro atoms. The predicted molar refractivity (Wildman–Crippen MR) is 97.8 cm³/mol. The summed E-state index contributed by atoms with van der Waals surface area (Å²) in [4.78, 5) is 17.2. The SMILES string of the molecule is CCC(C)Oc1cccc(C(=O)c2cccnc2NCC(C)C)c1. The minimum absolute atomic E-state index is 0.0519. The maximum absolute atomic E-state index is 12.9. The summed E-state index contributed by atoms with van der Waals surface area (Å²) in [5.41, 5.74) is 1.19. The van der Waals surface area contributed by atoms with Crippen molar-refractivity contribution in [2.75, 3.05) is 11.9 Å². The van der Waals surface area contributed by atoms with Crippen molar-refractivity contribution in [2.45, 2.75) is 40.2 Å². The van der Waals surface area contributed by atoms with Gasteiger partial charge in [-0.25, -0.2) is 4.98 Å². The number of pyridine rings is 1. The number of aromatic nitrogens is 1. The van der Waals surface area contributed by atoms with Crippen molar-refractivity contribution in [1.29, 1.82) is 0 Å². The quantitative estimate of drug-likeness (QED) is 0.723. The second kappa shape index (κ2) is 8.48. The van der Waals surface area contributed by atoms with E-state index in [9.17, 15) is 4.79 Å². The van der Waals surface area contributed by atoms with Crippen molar-refractivity contribution in [3.8, 4) is 5.75 Å². The number of benzene rings is 1. The number of ketones is 1. The highest BCUT2D eigenvalue weighted by molar-refractivity contribution is 6.12. The fourth-order valence-corrected chi connectivity index (χ4v) is 2.21. The van der Waals surface area contributed by atoms with Crippen LogP contribution in [0, 0.1) is 5.92 Å². The zero-order valence-corrected chi connectivity index (χ0v) is 14.9. The van der Waals surface area contributed by atoms with Gasteiger partial charge in [0.2, 0.25) is 0 Å². The van der Waals surface area contributed by atoms with Gasteiger partial charge in [0.15, 0.2) is 5.78 Å². The molecule has 0 saturated carbocycles. The zero-order valence-electron chi connectivity index (χ0n) is 14.9. The van der Waals surface area contributed by atoms with E-state index in [4.69, 9.17) is 4.74 Å². The molecule has 128 valence electrons. The van der Waals surface area contributed by atoms with Gasteiger partial charge >= 0.3 is 0 Å². The summed E-state index contributed by atoms with van der Waals surface area (Å²) in [5, 5.41) is 3.26. The molecule has 2 aromatic rings. The van der Waals surface area contributed by atoms with Gasteiger partial charge in [-0.2, -0.15) is 0 Å². The molecule has 1 aromatic heterocycles. The molecule has 1 unspecified atom stereocenters. The largest absolute Gasteiger partial charge is 0.491 e. The molecule has 1 heterocycles. The third kappa shape index (κ3) is 4.82. The van der Waals surface area contributed by atoms with Crippen LogP contribution in [0.5, 0.6) is 5.75 Å². The van der Waals surface area contributed by atoms with E-state index in [1.54, 1.807) is 24.4 Å². The summed E-state index contributed by atoms with van der Waals surface area (Å²) in [6.07, 6.45) is 2.74. The van der Waals surface area contributed by atoms with Gasteiger partial charge in [-0.1, -0.05) is 32.9 Å². The van der Waals surface area contributed by atoms with Crippen LogP contribution in [0.4, 0.5) is 5.82 Å². The summed E-state index contributed by atoms with van der Waals surface area (Å²) in [6.45, 7) is 9.10. The van der Waals surface area contributed by atoms with Crippen LogP contribution in [0.1, 0.15) is 50.0 Å². The normalized spacial score (nSPS) is 12.0. The van der Waals surface area contributed by atoms with Crippen LogP contribution in [0.25, 0.3) is 0 Å². The lowest BCUT2D eigenvalue weighted by molar-refractivity contribution is 0.103. The standard InChI is InChI=1S/C20H26N2O2/c1-5-15(4)24-17-9-6-8-16(12-17)19(23)18-10-7-11-21-20(18)22-13-14(2)3/h6-12,14-15H,5,13H2,1-4H3,(H,21,22). The van der Waals surface area contributed by atoms with Gasteiger partial charge in [-0.3, -0.25) is 4.79 Å². The van der Waals surface area contributed by atoms with Gasteiger partial charge < -0.3 is 10.1 Å². The Hall–Kier alpha value is -2.36. The highest BCUT2D eigenvalue weighted by atomic mass is 16.5. The number of ether oxygens (including phenoxy) is 1. The van der Waals surface area contributed by atoms with E-state index in [0.29, 0.717) is 22.9 Å². The Bertz CT molecular complexity index is 683. The Morgan fingerprint density at radius 1 is 1.21 bits per heavy atom. The van der Waals surface area contributed by atoms with E-state index in [-0.39, 0.29) is 11.9 Å². The third-order valence-electron chi connectivity index (χ3n) is 3.74. The van der Waals surface area contributed by atoms with Crippen LogP contribution < -0.4 is 10.1 Å². The summed E-state index contributed by atoms with van der Waals surface area (Å²) >= 11 is 0. The van der Waals surface area contributed by atoms with Crippen LogP contribution in [-0.4, -0.2) is 23.4 Å². The Kier molecular flexibility index (Phi) is 6.36. The fraction of sp³-hybridized carbons (Fsp3) is 0.400. The predicted octanol–water partition coefficient (Wildman–Crippen LogP) is 4.56. The van der Waals surface area contributed by atoms with E-state index in [1.165, 1.54) is 0 Å².